The minimum Gasteiger partial charge on any atom is -0.478 e. The van der Waals surface area contributed by atoms with Crippen LogP contribution in [0.2, 0.25) is 0 Å². The fraction of sp³-hybridized carbons (Fsp3) is 0.222. The molecule has 1 aromatic rings. The lowest BCUT2D eigenvalue weighted by Crippen LogP contribution is -2.04. The van der Waals surface area contributed by atoms with E-state index in [1.807, 2.05) is 0 Å². The second kappa shape index (κ2) is 3.85. The molecule has 0 aliphatic carbocycles. The van der Waals surface area contributed by atoms with Gasteiger partial charge < -0.3 is 4.74 Å². The lowest BCUT2D eigenvalue weighted by Gasteiger charge is -2.03. The summed E-state index contributed by atoms with van der Waals surface area (Å²) in [5.41, 5.74) is 0.596. The molecule has 0 heterocycles. The van der Waals surface area contributed by atoms with Crippen molar-refractivity contribution in [1.29, 1.82) is 5.41 Å². The zero-order chi connectivity index (χ0) is 8.97. The summed E-state index contributed by atoms with van der Waals surface area (Å²) >= 11 is 0. The van der Waals surface area contributed by atoms with Crippen molar-refractivity contribution in [2.45, 2.75) is 6.92 Å². The minimum atomic E-state index is -0.303. The van der Waals surface area contributed by atoms with Crippen molar-refractivity contribution < 1.29 is 9.13 Å². The Kier molecular flexibility index (Phi) is 2.80. The predicted octanol–water partition coefficient (Wildman–Crippen LogP) is 2.19. The maximum atomic E-state index is 12.4. The third kappa shape index (κ3) is 2.05. The predicted molar refractivity (Wildman–Crippen MR) is 44.9 cm³/mol. The topological polar surface area (TPSA) is 33.1 Å². The van der Waals surface area contributed by atoms with E-state index in [-0.39, 0.29) is 11.7 Å². The molecule has 3 heteroatoms. The molecular formula is C9H10FNO. The van der Waals surface area contributed by atoms with Gasteiger partial charge in [-0.05, 0) is 31.2 Å². The fourth-order valence-electron chi connectivity index (χ4n) is 0.829. The quantitative estimate of drug-likeness (QED) is 0.531. The molecule has 0 aliphatic heterocycles. The molecule has 1 aromatic carbocycles. The van der Waals surface area contributed by atoms with E-state index in [0.29, 0.717) is 12.2 Å². The van der Waals surface area contributed by atoms with Crippen molar-refractivity contribution in [1.82, 2.24) is 0 Å². The van der Waals surface area contributed by atoms with Crippen molar-refractivity contribution in [2.24, 2.45) is 0 Å². The minimum absolute atomic E-state index is 0.0810. The third-order valence-corrected chi connectivity index (χ3v) is 1.40. The SMILES string of the molecule is CCOC(=N)c1ccc(F)cc1. The molecule has 1 rings (SSSR count). The Hall–Kier alpha value is -1.38. The van der Waals surface area contributed by atoms with Crippen LogP contribution >= 0.6 is 0 Å². The molecular weight excluding hydrogens is 157 g/mol. The van der Waals surface area contributed by atoms with Crippen molar-refractivity contribution in [3.63, 3.8) is 0 Å². The Morgan fingerprint density at radius 3 is 2.50 bits per heavy atom. The molecule has 0 aliphatic rings. The first-order valence-corrected chi connectivity index (χ1v) is 3.71. The molecule has 0 unspecified atom stereocenters. The van der Waals surface area contributed by atoms with Crippen molar-refractivity contribution >= 4 is 5.90 Å². The van der Waals surface area contributed by atoms with Crippen molar-refractivity contribution in [2.75, 3.05) is 6.61 Å². The van der Waals surface area contributed by atoms with Crippen LogP contribution in [0.25, 0.3) is 0 Å². The van der Waals surface area contributed by atoms with Gasteiger partial charge in [-0.1, -0.05) is 0 Å². The highest BCUT2D eigenvalue weighted by Crippen LogP contribution is 2.03. The average Bonchev–Trinajstić information content (AvgIpc) is 2.06. The molecule has 12 heavy (non-hydrogen) atoms. The van der Waals surface area contributed by atoms with E-state index in [1.54, 1.807) is 6.92 Å². The normalized spacial score (nSPS) is 9.50. The van der Waals surface area contributed by atoms with Gasteiger partial charge in [0.05, 0.1) is 6.61 Å². The van der Waals surface area contributed by atoms with E-state index in [0.717, 1.165) is 0 Å². The second-order valence-corrected chi connectivity index (χ2v) is 2.27. The summed E-state index contributed by atoms with van der Waals surface area (Å²) in [5, 5.41) is 7.36. The van der Waals surface area contributed by atoms with Gasteiger partial charge >= 0.3 is 0 Å². The maximum Gasteiger partial charge on any atom is 0.213 e. The largest absolute Gasteiger partial charge is 0.478 e. The van der Waals surface area contributed by atoms with Crippen LogP contribution in [0.15, 0.2) is 24.3 Å². The molecule has 1 N–H and O–H groups in total. The van der Waals surface area contributed by atoms with E-state index in [4.69, 9.17) is 10.1 Å². The summed E-state index contributed by atoms with van der Waals surface area (Å²) in [7, 11) is 0. The van der Waals surface area contributed by atoms with Crippen molar-refractivity contribution in [3.8, 4) is 0 Å². The molecule has 2 nitrogen and oxygen atoms in total. The third-order valence-electron chi connectivity index (χ3n) is 1.40. The number of benzene rings is 1. The van der Waals surface area contributed by atoms with E-state index >= 15 is 0 Å². The van der Waals surface area contributed by atoms with Crippen LogP contribution in [-0.4, -0.2) is 12.5 Å². The molecule has 0 atom stereocenters. The van der Waals surface area contributed by atoms with Crippen LogP contribution in [0.1, 0.15) is 12.5 Å². The van der Waals surface area contributed by atoms with Crippen molar-refractivity contribution in [3.05, 3.63) is 35.6 Å². The average molecular weight is 167 g/mol. The highest BCUT2D eigenvalue weighted by atomic mass is 19.1. The molecule has 0 amide bonds. The van der Waals surface area contributed by atoms with Gasteiger partial charge in [0.1, 0.15) is 5.82 Å². The van der Waals surface area contributed by atoms with Gasteiger partial charge in [0.25, 0.3) is 0 Å². The summed E-state index contributed by atoms with van der Waals surface area (Å²) in [5.74, 6) is -0.222. The Morgan fingerprint density at radius 1 is 1.42 bits per heavy atom. The molecule has 64 valence electrons. The van der Waals surface area contributed by atoms with Gasteiger partial charge in [-0.15, -0.1) is 0 Å². The van der Waals surface area contributed by atoms with Gasteiger partial charge in [-0.3, -0.25) is 5.41 Å². The summed E-state index contributed by atoms with van der Waals surface area (Å²) < 4.78 is 17.4. The lowest BCUT2D eigenvalue weighted by molar-refractivity contribution is 0.325. The highest BCUT2D eigenvalue weighted by Gasteiger charge is 2.00. The zero-order valence-corrected chi connectivity index (χ0v) is 6.80. The van der Waals surface area contributed by atoms with E-state index in [1.165, 1.54) is 24.3 Å². The van der Waals surface area contributed by atoms with Crippen LogP contribution in [0.4, 0.5) is 4.39 Å². The monoisotopic (exact) mass is 167 g/mol. The molecule has 0 saturated carbocycles. The van der Waals surface area contributed by atoms with Crippen LogP contribution in [-0.2, 0) is 4.74 Å². The van der Waals surface area contributed by atoms with Gasteiger partial charge in [0.15, 0.2) is 0 Å². The number of hydrogen-bond acceptors (Lipinski definition) is 2. The highest BCUT2D eigenvalue weighted by molar-refractivity contribution is 5.91. The second-order valence-electron chi connectivity index (χ2n) is 2.27. The molecule has 0 spiro atoms. The number of rotatable bonds is 2. The Morgan fingerprint density at radius 2 is 2.00 bits per heavy atom. The molecule has 0 bridgehead atoms. The first kappa shape index (κ1) is 8.71. The number of nitrogens with one attached hydrogen (secondary N) is 1. The number of halogens is 1. The Balaban J connectivity index is 2.75. The Labute approximate surface area is 70.5 Å². The lowest BCUT2D eigenvalue weighted by atomic mass is 10.2. The smallest absolute Gasteiger partial charge is 0.213 e. The summed E-state index contributed by atoms with van der Waals surface area (Å²) in [6, 6.07) is 5.66. The van der Waals surface area contributed by atoms with Gasteiger partial charge in [-0.25, -0.2) is 4.39 Å². The summed E-state index contributed by atoms with van der Waals surface area (Å²) in [6.45, 7) is 2.26. The van der Waals surface area contributed by atoms with Crippen LogP contribution in [0, 0.1) is 11.2 Å². The molecule has 0 fully saturated rings. The standard InChI is InChI=1S/C9H10FNO/c1-2-12-9(11)7-3-5-8(10)6-4-7/h3-6,11H,2H2,1H3. The summed E-state index contributed by atoms with van der Waals surface area (Å²) in [4.78, 5) is 0. The first-order valence-electron chi connectivity index (χ1n) is 3.71. The van der Waals surface area contributed by atoms with Gasteiger partial charge in [0.2, 0.25) is 5.90 Å². The number of ether oxygens (including phenoxy) is 1. The van der Waals surface area contributed by atoms with E-state index in [2.05, 4.69) is 0 Å². The van der Waals surface area contributed by atoms with E-state index < -0.39 is 0 Å². The molecule has 0 saturated heterocycles. The van der Waals surface area contributed by atoms with Gasteiger partial charge in [-0.2, -0.15) is 0 Å². The molecule has 0 radical (unpaired) electrons. The summed E-state index contributed by atoms with van der Waals surface area (Å²) in [6.07, 6.45) is 0. The fourth-order valence-corrected chi connectivity index (χ4v) is 0.829. The molecule has 0 aromatic heterocycles. The zero-order valence-electron chi connectivity index (χ0n) is 6.80. The van der Waals surface area contributed by atoms with Crippen LogP contribution in [0.3, 0.4) is 0 Å². The van der Waals surface area contributed by atoms with Gasteiger partial charge in [0, 0.05) is 5.56 Å². The van der Waals surface area contributed by atoms with Crippen LogP contribution in [0.5, 0.6) is 0 Å². The van der Waals surface area contributed by atoms with Crippen LogP contribution < -0.4 is 0 Å². The Bertz CT molecular complexity index is 268. The maximum absolute atomic E-state index is 12.4. The van der Waals surface area contributed by atoms with E-state index in [9.17, 15) is 4.39 Å². The first-order chi connectivity index (χ1) is 5.74. The number of hydrogen-bond donors (Lipinski definition) is 1.